The Morgan fingerprint density at radius 2 is 1.79 bits per heavy atom. The standard InChI is InChI=1S/C23H27N3O3/c1-15(2)11-17-7-9-19(10-8-17)16(3)25-22(28)20-6-4-5-18(12-20)14-26-21(27)13-24-23(26)29/h4-10,12,15-16H,11,13-14H2,1-3H3,(H,24,29)(H,25,28)/t16-/m0/s1. The highest BCUT2D eigenvalue weighted by molar-refractivity contribution is 6.02. The highest BCUT2D eigenvalue weighted by atomic mass is 16.2. The molecule has 1 saturated heterocycles. The molecule has 29 heavy (non-hydrogen) atoms. The van der Waals surface area contributed by atoms with E-state index in [2.05, 4.69) is 48.7 Å². The Bertz CT molecular complexity index is 890. The molecule has 2 aromatic rings. The van der Waals surface area contributed by atoms with Crippen molar-refractivity contribution < 1.29 is 14.4 Å². The molecule has 6 heteroatoms. The fraction of sp³-hybridized carbons (Fsp3) is 0.348. The molecule has 1 aliphatic rings. The number of carbonyl (C=O) groups is 3. The first kappa shape index (κ1) is 20.6. The van der Waals surface area contributed by atoms with Crippen molar-refractivity contribution in [1.29, 1.82) is 0 Å². The average molecular weight is 393 g/mol. The van der Waals surface area contributed by atoms with Crippen LogP contribution in [0.15, 0.2) is 48.5 Å². The van der Waals surface area contributed by atoms with Gasteiger partial charge in [0.2, 0.25) is 5.91 Å². The number of nitrogens with one attached hydrogen (secondary N) is 2. The lowest BCUT2D eigenvalue weighted by Crippen LogP contribution is -2.30. The molecule has 0 radical (unpaired) electrons. The van der Waals surface area contributed by atoms with Crippen molar-refractivity contribution in [2.45, 2.75) is 39.8 Å². The summed E-state index contributed by atoms with van der Waals surface area (Å²) in [5.74, 6) is 0.148. The van der Waals surface area contributed by atoms with Gasteiger partial charge in [-0.05, 0) is 48.1 Å². The topological polar surface area (TPSA) is 78.5 Å². The first-order chi connectivity index (χ1) is 13.8. The van der Waals surface area contributed by atoms with Crippen molar-refractivity contribution in [3.8, 4) is 0 Å². The summed E-state index contributed by atoms with van der Waals surface area (Å²) in [5, 5.41) is 5.51. The number of urea groups is 1. The predicted molar refractivity (Wildman–Crippen MR) is 111 cm³/mol. The summed E-state index contributed by atoms with van der Waals surface area (Å²) in [6.07, 6.45) is 1.03. The first-order valence-electron chi connectivity index (χ1n) is 9.90. The molecular weight excluding hydrogens is 366 g/mol. The zero-order valence-electron chi connectivity index (χ0n) is 17.1. The Kier molecular flexibility index (Phi) is 6.32. The van der Waals surface area contributed by atoms with Crippen LogP contribution in [-0.4, -0.2) is 29.3 Å². The van der Waals surface area contributed by atoms with Crippen LogP contribution in [0.25, 0.3) is 0 Å². The Morgan fingerprint density at radius 1 is 1.07 bits per heavy atom. The zero-order valence-corrected chi connectivity index (χ0v) is 17.1. The fourth-order valence-corrected chi connectivity index (χ4v) is 3.39. The van der Waals surface area contributed by atoms with Crippen LogP contribution >= 0.6 is 0 Å². The van der Waals surface area contributed by atoms with Crippen molar-refractivity contribution in [1.82, 2.24) is 15.5 Å². The molecule has 6 nitrogen and oxygen atoms in total. The summed E-state index contributed by atoms with van der Waals surface area (Å²) >= 11 is 0. The summed E-state index contributed by atoms with van der Waals surface area (Å²) < 4.78 is 0. The number of imide groups is 1. The minimum absolute atomic E-state index is 0.0203. The van der Waals surface area contributed by atoms with E-state index in [1.54, 1.807) is 24.3 Å². The molecule has 3 rings (SSSR count). The smallest absolute Gasteiger partial charge is 0.324 e. The molecule has 0 bridgehead atoms. The van der Waals surface area contributed by atoms with E-state index >= 15 is 0 Å². The van der Waals surface area contributed by atoms with Crippen LogP contribution in [0.4, 0.5) is 4.79 Å². The van der Waals surface area contributed by atoms with Crippen molar-refractivity contribution in [2.75, 3.05) is 6.54 Å². The number of hydrogen-bond acceptors (Lipinski definition) is 3. The average Bonchev–Trinajstić information content (AvgIpc) is 3.00. The lowest BCUT2D eigenvalue weighted by atomic mass is 10.00. The SMILES string of the molecule is CC(C)Cc1ccc([C@H](C)NC(=O)c2cccc(CN3C(=O)CNC3=O)c2)cc1. The fourth-order valence-electron chi connectivity index (χ4n) is 3.39. The van der Waals surface area contributed by atoms with Gasteiger partial charge in [-0.15, -0.1) is 0 Å². The van der Waals surface area contributed by atoms with Crippen molar-refractivity contribution >= 4 is 17.8 Å². The van der Waals surface area contributed by atoms with Gasteiger partial charge in [-0.25, -0.2) is 4.79 Å². The van der Waals surface area contributed by atoms with Gasteiger partial charge in [-0.2, -0.15) is 0 Å². The van der Waals surface area contributed by atoms with E-state index in [-0.39, 0.29) is 30.9 Å². The third-order valence-electron chi connectivity index (χ3n) is 4.94. The molecule has 1 fully saturated rings. The number of nitrogens with zero attached hydrogens (tertiary/aromatic N) is 1. The third kappa shape index (κ3) is 5.22. The van der Waals surface area contributed by atoms with Crippen molar-refractivity contribution in [3.63, 3.8) is 0 Å². The lowest BCUT2D eigenvalue weighted by Gasteiger charge is -2.16. The van der Waals surface area contributed by atoms with Gasteiger partial charge in [0.25, 0.3) is 5.91 Å². The second kappa shape index (κ2) is 8.90. The minimum atomic E-state index is -0.403. The highest BCUT2D eigenvalue weighted by Crippen LogP contribution is 2.17. The number of carbonyl (C=O) groups excluding carboxylic acids is 3. The normalized spacial score (nSPS) is 14.8. The third-order valence-corrected chi connectivity index (χ3v) is 4.94. The minimum Gasteiger partial charge on any atom is -0.346 e. The van der Waals surface area contributed by atoms with Crippen LogP contribution in [0.1, 0.15) is 53.9 Å². The predicted octanol–water partition coefficient (Wildman–Crippen LogP) is 3.43. The molecule has 1 aliphatic heterocycles. The van der Waals surface area contributed by atoms with Crippen LogP contribution in [-0.2, 0) is 17.8 Å². The zero-order chi connectivity index (χ0) is 21.0. The van der Waals surface area contributed by atoms with E-state index in [0.717, 1.165) is 22.4 Å². The highest BCUT2D eigenvalue weighted by Gasteiger charge is 2.28. The molecule has 1 heterocycles. The maximum atomic E-state index is 12.7. The monoisotopic (exact) mass is 393 g/mol. The molecule has 0 aromatic heterocycles. The van der Waals surface area contributed by atoms with Gasteiger partial charge in [0.15, 0.2) is 0 Å². The second-order valence-electron chi connectivity index (χ2n) is 7.87. The van der Waals surface area contributed by atoms with Crippen LogP contribution in [0.3, 0.4) is 0 Å². The second-order valence-corrected chi connectivity index (χ2v) is 7.87. The Balaban J connectivity index is 1.64. The van der Waals surface area contributed by atoms with Crippen LogP contribution in [0.2, 0.25) is 0 Å². The molecule has 0 unspecified atom stereocenters. The molecule has 2 aromatic carbocycles. The maximum Gasteiger partial charge on any atom is 0.324 e. The van der Waals surface area contributed by atoms with Crippen LogP contribution in [0.5, 0.6) is 0 Å². The molecule has 1 atom stereocenters. The molecule has 2 N–H and O–H groups in total. The summed E-state index contributed by atoms with van der Waals surface area (Å²) in [4.78, 5) is 37.3. The van der Waals surface area contributed by atoms with Gasteiger partial charge < -0.3 is 10.6 Å². The van der Waals surface area contributed by atoms with E-state index in [4.69, 9.17) is 0 Å². The maximum absolute atomic E-state index is 12.7. The number of amides is 4. The molecule has 0 saturated carbocycles. The van der Waals surface area contributed by atoms with Gasteiger partial charge in [0.1, 0.15) is 0 Å². The number of rotatable bonds is 7. The molecule has 0 aliphatic carbocycles. The largest absolute Gasteiger partial charge is 0.346 e. The summed E-state index contributed by atoms with van der Waals surface area (Å²) in [7, 11) is 0. The van der Waals surface area contributed by atoms with E-state index in [1.807, 2.05) is 6.92 Å². The van der Waals surface area contributed by atoms with Gasteiger partial charge >= 0.3 is 6.03 Å². The van der Waals surface area contributed by atoms with Gasteiger partial charge in [-0.3, -0.25) is 14.5 Å². The lowest BCUT2D eigenvalue weighted by molar-refractivity contribution is -0.125. The molecule has 4 amide bonds. The van der Waals surface area contributed by atoms with Gasteiger partial charge in [-0.1, -0.05) is 50.2 Å². The summed E-state index contributed by atoms with van der Waals surface area (Å²) in [6, 6.07) is 14.8. The molecule has 0 spiro atoms. The van der Waals surface area contributed by atoms with Crippen molar-refractivity contribution in [2.24, 2.45) is 5.92 Å². The summed E-state index contributed by atoms with van der Waals surface area (Å²) in [5.41, 5.74) is 3.56. The van der Waals surface area contributed by atoms with Gasteiger partial charge in [0, 0.05) is 5.56 Å². The van der Waals surface area contributed by atoms with E-state index in [0.29, 0.717) is 11.5 Å². The van der Waals surface area contributed by atoms with Gasteiger partial charge in [0.05, 0.1) is 19.1 Å². The van der Waals surface area contributed by atoms with E-state index in [9.17, 15) is 14.4 Å². The Morgan fingerprint density at radius 3 is 2.41 bits per heavy atom. The van der Waals surface area contributed by atoms with E-state index < -0.39 is 6.03 Å². The molecule has 152 valence electrons. The van der Waals surface area contributed by atoms with Crippen LogP contribution < -0.4 is 10.6 Å². The van der Waals surface area contributed by atoms with E-state index in [1.165, 1.54) is 5.56 Å². The Labute approximate surface area is 171 Å². The molecular formula is C23H27N3O3. The summed E-state index contributed by atoms with van der Waals surface area (Å²) in [6.45, 7) is 6.51. The first-order valence-corrected chi connectivity index (χ1v) is 9.90. The van der Waals surface area contributed by atoms with Crippen LogP contribution in [0, 0.1) is 5.92 Å². The quantitative estimate of drug-likeness (QED) is 0.708. The number of hydrogen-bond donors (Lipinski definition) is 2. The Hall–Kier alpha value is -3.15. The van der Waals surface area contributed by atoms with Crippen molar-refractivity contribution in [3.05, 3.63) is 70.8 Å². The number of benzene rings is 2.